The Balaban J connectivity index is -0.000000440. The van der Waals surface area contributed by atoms with E-state index >= 15 is 0 Å². The molecule has 0 amide bonds. The molecule has 2 nitrogen and oxygen atoms in total. The summed E-state index contributed by atoms with van der Waals surface area (Å²) in [4.78, 5) is 11.2. The number of hydrogen-bond donors (Lipinski definition) is 1. The van der Waals surface area contributed by atoms with Gasteiger partial charge in [-0.05, 0) is 12.8 Å². The smallest absolute Gasteiger partial charge is 0.481 e. The quantitative estimate of drug-likeness (QED) is 0.734. The molecule has 0 saturated carbocycles. The van der Waals surface area contributed by atoms with Crippen molar-refractivity contribution in [1.82, 2.24) is 0 Å². The summed E-state index contributed by atoms with van der Waals surface area (Å²) < 4.78 is 0. The van der Waals surface area contributed by atoms with E-state index in [2.05, 4.69) is 13.8 Å². The van der Waals surface area contributed by atoms with Gasteiger partial charge in [0.1, 0.15) is 0 Å². The van der Waals surface area contributed by atoms with Crippen LogP contribution >= 0.6 is 0 Å². The van der Waals surface area contributed by atoms with Gasteiger partial charge in [-0.15, -0.1) is 0 Å². The van der Waals surface area contributed by atoms with Crippen molar-refractivity contribution < 1.29 is 27.3 Å². The second-order valence-electron chi connectivity index (χ2n) is 4.06. The van der Waals surface area contributed by atoms with Gasteiger partial charge in [0.05, 0.1) is 5.41 Å². The van der Waals surface area contributed by atoms with Crippen LogP contribution in [0.1, 0.15) is 59.8 Å². The van der Waals surface area contributed by atoms with Crippen molar-refractivity contribution in [3.8, 4) is 0 Å². The fraction of sp³-hybridized carbons (Fsp3) is 0.786. The molecule has 0 saturated heterocycles. The van der Waals surface area contributed by atoms with Gasteiger partial charge in [0.15, 0.2) is 0 Å². The van der Waals surface area contributed by atoms with E-state index in [-0.39, 0.29) is 23.3 Å². The van der Waals surface area contributed by atoms with Crippen LogP contribution < -0.4 is 0 Å². The van der Waals surface area contributed by atoms with Gasteiger partial charge in [-0.2, -0.15) is 12.8 Å². The molecule has 0 rings (SSSR count). The van der Waals surface area contributed by atoms with Crippen LogP contribution in [-0.2, 0) is 22.2 Å². The number of carboxylic acid groups (broad SMARTS) is 1. The maximum absolute atomic E-state index is 11.2. The van der Waals surface area contributed by atoms with E-state index in [9.17, 15) is 9.90 Å². The van der Waals surface area contributed by atoms with Crippen molar-refractivity contribution in [1.29, 1.82) is 0 Å². The maximum atomic E-state index is 11.2. The summed E-state index contributed by atoms with van der Waals surface area (Å²) in [5, 5.41) is 9.23. The van der Waals surface area contributed by atoms with Crippen molar-refractivity contribution in [2.24, 2.45) is 11.3 Å². The first kappa shape index (κ1) is 22.2. The topological polar surface area (TPSA) is 37.3 Å². The molecule has 0 spiro atoms. The van der Waals surface area contributed by atoms with E-state index in [1.807, 2.05) is 27.7 Å². The van der Waals surface area contributed by atoms with Crippen molar-refractivity contribution in [2.45, 2.75) is 59.8 Å². The van der Waals surface area contributed by atoms with Gasteiger partial charge >= 0.3 is 23.3 Å². The molecule has 17 heavy (non-hydrogen) atoms. The Hall–Kier alpha value is 0.00247. The second-order valence-corrected chi connectivity index (χ2v) is 4.06. The third-order valence-corrected chi connectivity index (χ3v) is 3.31. The van der Waals surface area contributed by atoms with Crippen molar-refractivity contribution in [2.75, 3.05) is 0 Å². The number of carboxylic acids is 1. The third kappa shape index (κ3) is 6.48. The molecule has 0 fully saturated rings. The molecular weight excluding hydrogens is 252 g/mol. The first-order valence-electron chi connectivity index (χ1n) is 6.32. The zero-order valence-electron chi connectivity index (χ0n) is 11.8. The molecule has 1 unspecified atom stereocenters. The summed E-state index contributed by atoms with van der Waals surface area (Å²) in [6.07, 6.45) is 4.02. The number of aliphatic carboxylic acids is 1. The summed E-state index contributed by atoms with van der Waals surface area (Å²) in [6, 6.07) is 0. The van der Waals surface area contributed by atoms with Crippen LogP contribution in [0.4, 0.5) is 0 Å². The van der Waals surface area contributed by atoms with Crippen LogP contribution in [-0.4, -0.2) is 11.1 Å². The first-order valence-corrected chi connectivity index (χ1v) is 6.32. The zero-order valence-corrected chi connectivity index (χ0v) is 13.1. The molecular formula is C14H28CrO2. The largest absolute Gasteiger partial charge is 2.00 e. The van der Waals surface area contributed by atoms with Gasteiger partial charge in [-0.25, -0.2) is 0 Å². The summed E-state index contributed by atoms with van der Waals surface area (Å²) in [5.74, 6) is -0.451. The fourth-order valence-corrected chi connectivity index (χ4v) is 2.18. The van der Waals surface area contributed by atoms with Crippen molar-refractivity contribution in [3.63, 3.8) is 0 Å². The Bertz CT molecular complexity index is 173. The molecule has 0 heterocycles. The van der Waals surface area contributed by atoms with Crippen LogP contribution in [0.2, 0.25) is 0 Å². The van der Waals surface area contributed by atoms with Crippen LogP contribution in [0.25, 0.3) is 0 Å². The van der Waals surface area contributed by atoms with E-state index in [0.717, 1.165) is 12.8 Å². The van der Waals surface area contributed by atoms with Gasteiger partial charge in [0.2, 0.25) is 0 Å². The summed E-state index contributed by atoms with van der Waals surface area (Å²) in [6.45, 7) is 15.3. The van der Waals surface area contributed by atoms with Gasteiger partial charge in [0.25, 0.3) is 0 Å². The molecule has 0 bridgehead atoms. The van der Waals surface area contributed by atoms with Gasteiger partial charge in [0, 0.05) is 0 Å². The monoisotopic (exact) mass is 280 g/mol. The number of carbonyl (C=O) groups is 1. The molecule has 0 aromatic carbocycles. The van der Waals surface area contributed by atoms with Gasteiger partial charge in [-0.1, -0.05) is 40.0 Å². The molecule has 0 radical (unpaired) electrons. The Morgan fingerprint density at radius 3 is 1.59 bits per heavy atom. The first-order chi connectivity index (χ1) is 7.50. The van der Waals surface area contributed by atoms with Gasteiger partial charge in [-0.3, -0.25) is 4.79 Å². The van der Waals surface area contributed by atoms with E-state index in [1.54, 1.807) is 0 Å². The minimum Gasteiger partial charge on any atom is -0.481 e. The van der Waals surface area contributed by atoms with Gasteiger partial charge < -0.3 is 19.0 Å². The third-order valence-electron chi connectivity index (χ3n) is 3.31. The molecule has 102 valence electrons. The Kier molecular flexibility index (Phi) is 16.3. The zero-order chi connectivity index (χ0) is 13.2. The predicted molar refractivity (Wildman–Crippen MR) is 70.1 cm³/mol. The molecule has 1 N–H and O–H groups in total. The predicted octanol–water partition coefficient (Wildman–Crippen LogP) is 4.36. The fourth-order valence-electron chi connectivity index (χ4n) is 2.18. The second kappa shape index (κ2) is 12.5. The molecule has 1 atom stereocenters. The SMILES string of the molecule is [CH2-]CC.[CH2-]CC(CC)C(CC)(CC)C(=O)O.[Cr+2]. The maximum Gasteiger partial charge on any atom is 2.00 e. The van der Waals surface area contributed by atoms with E-state index in [4.69, 9.17) is 0 Å². The normalized spacial score (nSPS) is 11.9. The van der Waals surface area contributed by atoms with Crippen molar-refractivity contribution in [3.05, 3.63) is 13.8 Å². The summed E-state index contributed by atoms with van der Waals surface area (Å²) in [5.41, 5.74) is -0.545. The van der Waals surface area contributed by atoms with Crippen LogP contribution in [0.15, 0.2) is 0 Å². The molecule has 0 aliphatic rings. The van der Waals surface area contributed by atoms with E-state index in [0.29, 0.717) is 19.3 Å². The average molecular weight is 280 g/mol. The minimum absolute atomic E-state index is 0. The summed E-state index contributed by atoms with van der Waals surface area (Å²) >= 11 is 0. The summed E-state index contributed by atoms with van der Waals surface area (Å²) in [7, 11) is 0. The van der Waals surface area contributed by atoms with Crippen LogP contribution in [0.5, 0.6) is 0 Å². The molecule has 0 aromatic rings. The molecule has 3 heteroatoms. The number of hydrogen-bond acceptors (Lipinski definition) is 1. The average Bonchev–Trinajstić information content (AvgIpc) is 2.26. The van der Waals surface area contributed by atoms with Crippen molar-refractivity contribution >= 4 is 5.97 Å². The Morgan fingerprint density at radius 2 is 1.53 bits per heavy atom. The number of rotatable bonds is 6. The van der Waals surface area contributed by atoms with Crippen LogP contribution in [0, 0.1) is 25.2 Å². The minimum atomic E-state index is -0.659. The van der Waals surface area contributed by atoms with E-state index in [1.165, 1.54) is 0 Å². The Labute approximate surface area is 118 Å². The molecule has 0 aliphatic heterocycles. The standard InChI is InChI=1S/C11H21O2.C3H7.Cr/c1-5-9(6-2)11(7-3,8-4)10(12)13;1-3-2;/h9H,1,5-8H2,2-4H3,(H,12,13);1,3H2,2H3;/q2*-1;+2. The Morgan fingerprint density at radius 1 is 1.18 bits per heavy atom. The van der Waals surface area contributed by atoms with E-state index < -0.39 is 11.4 Å². The molecule has 0 aliphatic carbocycles. The molecule has 0 aromatic heterocycles. The van der Waals surface area contributed by atoms with Crippen LogP contribution in [0.3, 0.4) is 0 Å².